The number of ether oxygens (including phenoxy) is 1. The number of para-hydroxylation sites is 1. The lowest BCUT2D eigenvalue weighted by Crippen LogP contribution is -2.52. The van der Waals surface area contributed by atoms with Crippen LogP contribution in [0.25, 0.3) is 21.1 Å². The lowest BCUT2D eigenvalue weighted by molar-refractivity contribution is -0.146. The van der Waals surface area contributed by atoms with Crippen molar-refractivity contribution in [2.75, 3.05) is 6.54 Å². The standard InChI is InChI=1S/C27H28N4O4S/c1-16(32)30(15-26(33)34)20-10-18-6-7-19(11-20)31(18)14-17-13-28-23-9-8-21(12-22(17)23)35-27-29-24-4-2-3-5-25(24)36-27/h2-5,8-9,12-13,18-20,28H,6-7,10-11,14-15H2,1H3,(H,33,34)/t18-,19+,20?. The van der Waals surface area contributed by atoms with Gasteiger partial charge in [0.25, 0.3) is 5.19 Å². The molecule has 8 nitrogen and oxygen atoms in total. The predicted octanol–water partition coefficient (Wildman–Crippen LogP) is 5.00. The lowest BCUT2D eigenvalue weighted by Gasteiger charge is -2.42. The second-order valence-corrected chi connectivity index (χ2v) is 10.8. The SMILES string of the molecule is CC(=O)N(CC(=O)O)C1C[C@H]2CC[C@@H](C1)N2Cc1c[nH]c2ccc(Oc3nc4ccccc4s3)cc12. The van der Waals surface area contributed by atoms with Crippen molar-refractivity contribution in [1.82, 2.24) is 19.8 Å². The minimum absolute atomic E-state index is 0.0101. The molecule has 9 heteroatoms. The van der Waals surface area contributed by atoms with Crippen LogP contribution in [0, 0.1) is 0 Å². The summed E-state index contributed by atoms with van der Waals surface area (Å²) in [4.78, 5) is 35.5. The Labute approximate surface area is 212 Å². The number of aromatic nitrogens is 2. The number of carbonyl (C=O) groups excluding carboxylic acids is 1. The molecule has 1 amide bonds. The molecule has 2 aromatic carbocycles. The first kappa shape index (κ1) is 23.0. The van der Waals surface area contributed by atoms with E-state index < -0.39 is 5.97 Å². The van der Waals surface area contributed by atoms with Crippen LogP contribution in [0.5, 0.6) is 10.9 Å². The van der Waals surface area contributed by atoms with Crippen molar-refractivity contribution in [3.63, 3.8) is 0 Å². The lowest BCUT2D eigenvalue weighted by atomic mass is 9.95. The molecule has 6 rings (SSSR count). The quantitative estimate of drug-likeness (QED) is 0.368. The molecule has 2 saturated heterocycles. The number of aliphatic carboxylic acids is 1. The summed E-state index contributed by atoms with van der Waals surface area (Å²) in [6.45, 7) is 2.06. The summed E-state index contributed by atoms with van der Waals surface area (Å²) < 4.78 is 7.23. The number of piperidine rings is 1. The van der Waals surface area contributed by atoms with Crippen LogP contribution < -0.4 is 4.74 Å². The highest BCUT2D eigenvalue weighted by Gasteiger charge is 2.43. The molecule has 2 fully saturated rings. The number of fused-ring (bicyclic) bond motifs is 4. The maximum Gasteiger partial charge on any atom is 0.323 e. The Kier molecular flexibility index (Phi) is 5.89. The third-order valence-corrected chi connectivity index (χ3v) is 8.50. The highest BCUT2D eigenvalue weighted by molar-refractivity contribution is 7.20. The average molecular weight is 505 g/mol. The van der Waals surface area contributed by atoms with Gasteiger partial charge in [-0.05, 0) is 61.6 Å². The molecule has 3 atom stereocenters. The maximum atomic E-state index is 12.1. The fraction of sp³-hybridized carbons (Fsp3) is 0.370. The molecule has 0 radical (unpaired) electrons. The molecule has 2 N–H and O–H groups in total. The number of nitrogens with one attached hydrogen (secondary N) is 1. The number of hydrogen-bond acceptors (Lipinski definition) is 6. The molecule has 4 aromatic rings. The Balaban J connectivity index is 1.20. The number of rotatable bonds is 7. The van der Waals surface area contributed by atoms with E-state index in [0.29, 0.717) is 17.3 Å². The van der Waals surface area contributed by atoms with Crippen LogP contribution in [0.2, 0.25) is 0 Å². The van der Waals surface area contributed by atoms with Gasteiger partial charge in [-0.25, -0.2) is 4.98 Å². The van der Waals surface area contributed by atoms with Crippen LogP contribution >= 0.6 is 11.3 Å². The van der Waals surface area contributed by atoms with Crippen molar-refractivity contribution in [3.8, 4) is 10.9 Å². The molecule has 2 aliphatic heterocycles. The Morgan fingerprint density at radius 1 is 1.19 bits per heavy atom. The molecule has 0 spiro atoms. The fourth-order valence-corrected chi connectivity index (χ4v) is 6.78. The van der Waals surface area contributed by atoms with Crippen molar-refractivity contribution in [2.24, 2.45) is 0 Å². The molecular formula is C27H28N4O4S. The fourth-order valence-electron chi connectivity index (χ4n) is 5.95. The minimum atomic E-state index is -0.956. The summed E-state index contributed by atoms with van der Waals surface area (Å²) >= 11 is 1.54. The molecular weight excluding hydrogens is 476 g/mol. The third-order valence-electron chi connectivity index (χ3n) is 7.58. The van der Waals surface area contributed by atoms with Crippen molar-refractivity contribution in [1.29, 1.82) is 0 Å². The molecule has 36 heavy (non-hydrogen) atoms. The number of thiazole rings is 1. The zero-order chi connectivity index (χ0) is 24.8. The summed E-state index contributed by atoms with van der Waals surface area (Å²) in [5.74, 6) is -0.356. The molecule has 2 aromatic heterocycles. The number of aromatic amines is 1. The van der Waals surface area contributed by atoms with Gasteiger partial charge in [-0.1, -0.05) is 23.5 Å². The highest BCUT2D eigenvalue weighted by atomic mass is 32.1. The topological polar surface area (TPSA) is 98.8 Å². The molecule has 4 heterocycles. The van der Waals surface area contributed by atoms with Gasteiger partial charge in [0.15, 0.2) is 0 Å². The predicted molar refractivity (Wildman–Crippen MR) is 138 cm³/mol. The van der Waals surface area contributed by atoms with Gasteiger partial charge in [0.1, 0.15) is 12.3 Å². The number of amides is 1. The molecule has 2 aliphatic rings. The smallest absolute Gasteiger partial charge is 0.323 e. The summed E-state index contributed by atoms with van der Waals surface area (Å²) in [7, 11) is 0. The van der Waals surface area contributed by atoms with E-state index in [1.165, 1.54) is 23.8 Å². The van der Waals surface area contributed by atoms with E-state index in [-0.39, 0.29) is 18.5 Å². The van der Waals surface area contributed by atoms with Crippen molar-refractivity contribution in [3.05, 3.63) is 54.2 Å². The van der Waals surface area contributed by atoms with Crippen molar-refractivity contribution >= 4 is 44.3 Å². The second-order valence-electron chi connectivity index (χ2n) is 9.79. The first-order valence-electron chi connectivity index (χ1n) is 12.3. The van der Waals surface area contributed by atoms with Crippen LogP contribution in [-0.4, -0.2) is 61.4 Å². The number of carboxylic acid groups (broad SMARTS) is 1. The van der Waals surface area contributed by atoms with Crippen LogP contribution in [0.15, 0.2) is 48.7 Å². The number of carbonyl (C=O) groups is 2. The number of nitrogens with zero attached hydrogens (tertiary/aromatic N) is 3. The number of benzene rings is 2. The average Bonchev–Trinajstić information content (AvgIpc) is 3.50. The van der Waals surface area contributed by atoms with Crippen molar-refractivity contribution in [2.45, 2.75) is 57.3 Å². The summed E-state index contributed by atoms with van der Waals surface area (Å²) in [6, 6.07) is 14.8. The number of H-pyrrole nitrogens is 1. The largest absolute Gasteiger partial charge is 0.480 e. The first-order chi connectivity index (χ1) is 17.4. The summed E-state index contributed by atoms with van der Waals surface area (Å²) in [6.07, 6.45) is 5.86. The van der Waals surface area contributed by atoms with Crippen molar-refractivity contribution < 1.29 is 19.4 Å². The van der Waals surface area contributed by atoms with E-state index in [1.807, 2.05) is 36.4 Å². The van der Waals surface area contributed by atoms with E-state index in [0.717, 1.165) is 59.1 Å². The van der Waals surface area contributed by atoms with E-state index in [9.17, 15) is 14.7 Å². The Morgan fingerprint density at radius 2 is 1.97 bits per heavy atom. The second kappa shape index (κ2) is 9.22. The molecule has 186 valence electrons. The Morgan fingerprint density at radius 3 is 2.69 bits per heavy atom. The summed E-state index contributed by atoms with van der Waals surface area (Å²) in [5.41, 5.74) is 3.21. The zero-order valence-electron chi connectivity index (χ0n) is 20.0. The molecule has 0 saturated carbocycles. The zero-order valence-corrected chi connectivity index (χ0v) is 20.8. The monoisotopic (exact) mass is 504 g/mol. The number of carboxylic acids is 1. The van der Waals surface area contributed by atoms with Gasteiger partial charge in [0.05, 0.1) is 10.2 Å². The van der Waals surface area contributed by atoms with E-state index in [4.69, 9.17) is 4.74 Å². The van der Waals surface area contributed by atoms with Gasteiger partial charge in [-0.15, -0.1) is 0 Å². The van der Waals surface area contributed by atoms with Crippen LogP contribution in [0.4, 0.5) is 0 Å². The molecule has 2 bridgehead atoms. The van der Waals surface area contributed by atoms with Crippen LogP contribution in [-0.2, 0) is 16.1 Å². The van der Waals surface area contributed by atoms with Gasteiger partial charge in [-0.3, -0.25) is 14.5 Å². The van der Waals surface area contributed by atoms with Gasteiger partial charge in [0, 0.05) is 48.7 Å². The minimum Gasteiger partial charge on any atom is -0.480 e. The number of hydrogen-bond donors (Lipinski definition) is 2. The Hall–Kier alpha value is -3.43. The van der Waals surface area contributed by atoms with E-state index in [1.54, 1.807) is 4.90 Å². The van der Waals surface area contributed by atoms with Crippen LogP contribution in [0.1, 0.15) is 38.2 Å². The molecule has 0 aliphatic carbocycles. The van der Waals surface area contributed by atoms with E-state index >= 15 is 0 Å². The van der Waals surface area contributed by atoms with Gasteiger partial charge < -0.3 is 19.7 Å². The van der Waals surface area contributed by atoms with Crippen LogP contribution in [0.3, 0.4) is 0 Å². The Bertz CT molecular complexity index is 1400. The van der Waals surface area contributed by atoms with E-state index in [2.05, 4.69) is 27.1 Å². The first-order valence-corrected chi connectivity index (χ1v) is 13.1. The normalized spacial score (nSPS) is 21.8. The van der Waals surface area contributed by atoms with Gasteiger partial charge >= 0.3 is 5.97 Å². The maximum absolute atomic E-state index is 12.1. The highest BCUT2D eigenvalue weighted by Crippen LogP contribution is 2.40. The van der Waals surface area contributed by atoms with Gasteiger partial charge in [-0.2, -0.15) is 0 Å². The van der Waals surface area contributed by atoms with Gasteiger partial charge in [0.2, 0.25) is 5.91 Å². The third kappa shape index (κ3) is 4.33. The molecule has 1 unspecified atom stereocenters. The summed E-state index contributed by atoms with van der Waals surface area (Å²) in [5, 5.41) is 11.0.